The highest BCUT2D eigenvalue weighted by Crippen LogP contribution is 2.34. The molecule has 0 fully saturated rings. The Balaban J connectivity index is 1.60. The Bertz CT molecular complexity index is 821. The van der Waals surface area contributed by atoms with Crippen LogP contribution < -0.4 is 14.8 Å². The Morgan fingerprint density at radius 3 is 2.73 bits per heavy atom. The number of hydrogen-bond donors (Lipinski definition) is 1. The normalized spacial score (nSPS) is 12.1. The van der Waals surface area contributed by atoms with Crippen LogP contribution in [0.5, 0.6) is 11.5 Å². The maximum Gasteiger partial charge on any atom is 0.339 e. The van der Waals surface area contributed by atoms with Crippen LogP contribution >= 0.6 is 11.8 Å². The van der Waals surface area contributed by atoms with Gasteiger partial charge in [-0.05, 0) is 38.1 Å². The molecule has 0 saturated heterocycles. The fourth-order valence-electron chi connectivity index (χ4n) is 2.35. The van der Waals surface area contributed by atoms with Crippen molar-refractivity contribution in [1.82, 2.24) is 0 Å². The van der Waals surface area contributed by atoms with Gasteiger partial charge in [0.05, 0.1) is 17.4 Å². The summed E-state index contributed by atoms with van der Waals surface area (Å²) in [6.07, 6.45) is -0.199. The van der Waals surface area contributed by atoms with Gasteiger partial charge in [0.25, 0.3) is 0 Å². The molecule has 26 heavy (non-hydrogen) atoms. The molecule has 1 heterocycles. The molecule has 0 radical (unpaired) electrons. The van der Waals surface area contributed by atoms with Gasteiger partial charge < -0.3 is 19.5 Å². The lowest BCUT2D eigenvalue weighted by atomic mass is 10.2. The van der Waals surface area contributed by atoms with Gasteiger partial charge in [-0.2, -0.15) is 0 Å². The van der Waals surface area contributed by atoms with E-state index in [1.165, 1.54) is 11.8 Å². The minimum Gasteiger partial charge on any atom is -0.459 e. The molecule has 0 bridgehead atoms. The van der Waals surface area contributed by atoms with E-state index in [1.807, 2.05) is 6.07 Å². The summed E-state index contributed by atoms with van der Waals surface area (Å²) < 4.78 is 15.8. The van der Waals surface area contributed by atoms with Crippen molar-refractivity contribution in [2.24, 2.45) is 0 Å². The third-order valence-corrected chi connectivity index (χ3v) is 4.54. The average molecular weight is 373 g/mol. The Hall–Kier alpha value is -2.67. The number of carbonyl (C=O) groups excluding carboxylic acids is 2. The van der Waals surface area contributed by atoms with E-state index < -0.39 is 0 Å². The molecule has 1 aliphatic rings. The van der Waals surface area contributed by atoms with E-state index in [-0.39, 0.29) is 30.5 Å². The summed E-state index contributed by atoms with van der Waals surface area (Å²) in [6, 6.07) is 12.3. The first-order valence-corrected chi connectivity index (χ1v) is 9.14. The molecule has 0 aromatic heterocycles. The number of benzene rings is 2. The predicted octanol–water partition coefficient (Wildman–Crippen LogP) is 3.71. The summed E-state index contributed by atoms with van der Waals surface area (Å²) in [4.78, 5) is 25.1. The SMILES string of the molecule is CC(C)OC(=O)c1ccccc1SCC(=O)Nc1ccc2c(c1)OCO2. The third-order valence-electron chi connectivity index (χ3n) is 3.46. The topological polar surface area (TPSA) is 73.9 Å². The van der Waals surface area contributed by atoms with Gasteiger partial charge >= 0.3 is 5.97 Å². The van der Waals surface area contributed by atoms with Gasteiger partial charge in [-0.25, -0.2) is 4.79 Å². The molecule has 0 unspecified atom stereocenters. The van der Waals surface area contributed by atoms with Crippen molar-refractivity contribution >= 4 is 29.3 Å². The van der Waals surface area contributed by atoms with Crippen molar-refractivity contribution in [2.45, 2.75) is 24.8 Å². The Kier molecular flexibility index (Phi) is 5.68. The largest absolute Gasteiger partial charge is 0.459 e. The number of carbonyl (C=O) groups is 2. The second kappa shape index (κ2) is 8.14. The molecule has 136 valence electrons. The van der Waals surface area contributed by atoms with Crippen molar-refractivity contribution in [3.63, 3.8) is 0 Å². The van der Waals surface area contributed by atoms with Gasteiger partial charge in [0.15, 0.2) is 11.5 Å². The molecule has 1 aliphatic heterocycles. The van der Waals surface area contributed by atoms with Crippen LogP contribution in [0.3, 0.4) is 0 Å². The number of esters is 1. The van der Waals surface area contributed by atoms with Crippen LogP contribution in [0.2, 0.25) is 0 Å². The number of amides is 1. The fourth-order valence-corrected chi connectivity index (χ4v) is 3.19. The van der Waals surface area contributed by atoms with Crippen LogP contribution in [0.15, 0.2) is 47.4 Å². The van der Waals surface area contributed by atoms with Crippen LogP contribution in [0.4, 0.5) is 5.69 Å². The summed E-state index contributed by atoms with van der Waals surface area (Å²) in [7, 11) is 0. The van der Waals surface area contributed by atoms with Crippen LogP contribution in [-0.2, 0) is 9.53 Å². The number of hydrogen-bond acceptors (Lipinski definition) is 6. The van der Waals surface area contributed by atoms with E-state index in [2.05, 4.69) is 5.32 Å². The molecule has 3 rings (SSSR count). The van der Waals surface area contributed by atoms with Gasteiger partial charge in [0.2, 0.25) is 12.7 Å². The lowest BCUT2D eigenvalue weighted by molar-refractivity contribution is -0.113. The Morgan fingerprint density at radius 1 is 1.15 bits per heavy atom. The number of rotatable bonds is 6. The van der Waals surface area contributed by atoms with Gasteiger partial charge in [-0.3, -0.25) is 4.79 Å². The zero-order valence-electron chi connectivity index (χ0n) is 14.5. The molecule has 7 heteroatoms. The van der Waals surface area contributed by atoms with Crippen LogP contribution in [0.1, 0.15) is 24.2 Å². The second-order valence-electron chi connectivity index (χ2n) is 5.86. The monoisotopic (exact) mass is 373 g/mol. The van der Waals surface area contributed by atoms with Crippen molar-refractivity contribution in [2.75, 3.05) is 17.9 Å². The first kappa shape index (κ1) is 18.1. The number of fused-ring (bicyclic) bond motifs is 1. The molecule has 1 N–H and O–H groups in total. The molecule has 1 amide bonds. The molecule has 0 aliphatic carbocycles. The number of ether oxygens (including phenoxy) is 3. The van der Waals surface area contributed by atoms with Crippen molar-refractivity contribution < 1.29 is 23.8 Å². The summed E-state index contributed by atoms with van der Waals surface area (Å²) in [5.41, 5.74) is 1.09. The number of anilines is 1. The van der Waals surface area contributed by atoms with Crippen molar-refractivity contribution in [1.29, 1.82) is 0 Å². The van der Waals surface area contributed by atoms with Crippen molar-refractivity contribution in [3.05, 3.63) is 48.0 Å². The van der Waals surface area contributed by atoms with E-state index in [0.29, 0.717) is 27.6 Å². The zero-order valence-corrected chi connectivity index (χ0v) is 15.3. The first-order valence-electron chi connectivity index (χ1n) is 8.15. The minimum atomic E-state index is -0.390. The smallest absolute Gasteiger partial charge is 0.339 e. The molecule has 6 nitrogen and oxygen atoms in total. The van der Waals surface area contributed by atoms with Gasteiger partial charge in [-0.1, -0.05) is 12.1 Å². The van der Waals surface area contributed by atoms with Crippen LogP contribution in [-0.4, -0.2) is 30.5 Å². The molecule has 0 atom stereocenters. The fraction of sp³-hybridized carbons (Fsp3) is 0.263. The molecule has 2 aromatic carbocycles. The number of thioether (sulfide) groups is 1. The van der Waals surface area contributed by atoms with E-state index in [1.54, 1.807) is 50.2 Å². The Morgan fingerprint density at radius 2 is 1.92 bits per heavy atom. The Labute approximate surface area is 155 Å². The lowest BCUT2D eigenvalue weighted by Gasteiger charge is -2.11. The lowest BCUT2D eigenvalue weighted by Crippen LogP contribution is -2.15. The van der Waals surface area contributed by atoms with Crippen molar-refractivity contribution in [3.8, 4) is 11.5 Å². The number of nitrogens with one attached hydrogen (secondary N) is 1. The van der Waals surface area contributed by atoms with Crippen LogP contribution in [0.25, 0.3) is 0 Å². The average Bonchev–Trinajstić information content (AvgIpc) is 3.07. The molecule has 0 spiro atoms. The zero-order chi connectivity index (χ0) is 18.5. The maximum absolute atomic E-state index is 12.2. The summed E-state index contributed by atoms with van der Waals surface area (Å²) in [5, 5.41) is 2.81. The highest BCUT2D eigenvalue weighted by atomic mass is 32.2. The second-order valence-corrected chi connectivity index (χ2v) is 6.87. The van der Waals surface area contributed by atoms with Crippen LogP contribution in [0, 0.1) is 0 Å². The van der Waals surface area contributed by atoms with Gasteiger partial charge in [-0.15, -0.1) is 11.8 Å². The van der Waals surface area contributed by atoms with Gasteiger partial charge in [0, 0.05) is 16.6 Å². The standard InChI is InChI=1S/C19H19NO5S/c1-12(2)25-19(22)14-5-3-4-6-17(14)26-10-18(21)20-13-7-8-15-16(9-13)24-11-23-15/h3-9,12H,10-11H2,1-2H3,(H,20,21). The summed E-state index contributed by atoms with van der Waals surface area (Å²) in [6.45, 7) is 3.78. The van der Waals surface area contributed by atoms with E-state index in [4.69, 9.17) is 14.2 Å². The maximum atomic E-state index is 12.2. The predicted molar refractivity (Wildman–Crippen MR) is 98.9 cm³/mol. The molecular formula is C19H19NO5S. The minimum absolute atomic E-state index is 0.167. The summed E-state index contributed by atoms with van der Waals surface area (Å²) in [5.74, 6) is 0.868. The molecule has 2 aromatic rings. The summed E-state index contributed by atoms with van der Waals surface area (Å²) >= 11 is 1.29. The first-order chi connectivity index (χ1) is 12.5. The quantitative estimate of drug-likeness (QED) is 0.615. The van der Waals surface area contributed by atoms with Gasteiger partial charge in [0.1, 0.15) is 0 Å². The highest BCUT2D eigenvalue weighted by Gasteiger charge is 2.16. The third kappa shape index (κ3) is 4.49. The van der Waals surface area contributed by atoms with E-state index in [0.717, 1.165) is 0 Å². The van der Waals surface area contributed by atoms with E-state index >= 15 is 0 Å². The molecule has 0 saturated carbocycles. The van der Waals surface area contributed by atoms with E-state index in [9.17, 15) is 9.59 Å². The molecular weight excluding hydrogens is 354 g/mol. The highest BCUT2D eigenvalue weighted by molar-refractivity contribution is 8.00.